The Kier molecular flexibility index (Phi) is 31.2. The van der Waals surface area contributed by atoms with Gasteiger partial charge in [-0.1, -0.05) is 130 Å². The van der Waals surface area contributed by atoms with Crippen LogP contribution in [0.1, 0.15) is 156 Å². The van der Waals surface area contributed by atoms with Crippen LogP contribution in [0.4, 0.5) is 20.7 Å². The van der Waals surface area contributed by atoms with E-state index in [9.17, 15) is 14.0 Å². The van der Waals surface area contributed by atoms with E-state index in [1.165, 1.54) is 57.8 Å². The van der Waals surface area contributed by atoms with Gasteiger partial charge in [0.05, 0.1) is 12.3 Å². The number of rotatable bonds is 24. The molecule has 0 aliphatic heterocycles. The minimum absolute atomic E-state index is 0.0758. The number of nitrogen functional groups attached to an aromatic ring is 1. The number of terminal acetylenes is 1. The van der Waals surface area contributed by atoms with Crippen molar-refractivity contribution in [3.05, 3.63) is 11.8 Å². The van der Waals surface area contributed by atoms with Crippen LogP contribution < -0.4 is 5.73 Å². The van der Waals surface area contributed by atoms with E-state index in [1.54, 1.807) is 20.2 Å². The fraction of sp³-hybridized carbons (Fsp3) is 0.763. The Labute approximate surface area is 296 Å². The quantitative estimate of drug-likeness (QED) is 0.0355. The second-order valence-electron chi connectivity index (χ2n) is 12.5. The maximum Gasteiger partial charge on any atom is 0.505 e. The Bertz CT molecular complexity index is 1040. The van der Waals surface area contributed by atoms with Crippen LogP contribution in [-0.4, -0.2) is 59.3 Å². The number of carbonyl (C=O) groups is 2. The third-order valence-corrected chi connectivity index (χ3v) is 7.54. The van der Waals surface area contributed by atoms with Crippen molar-refractivity contribution in [3.63, 3.8) is 0 Å². The summed E-state index contributed by atoms with van der Waals surface area (Å²) < 4.78 is 27.7. The molecule has 1 aromatic heterocycles. The van der Waals surface area contributed by atoms with Crippen molar-refractivity contribution in [1.82, 2.24) is 9.97 Å². The molecular formula is C38H67FN4O6. The van der Waals surface area contributed by atoms with Gasteiger partial charge in [0.2, 0.25) is 0 Å². The van der Waals surface area contributed by atoms with Crippen molar-refractivity contribution in [2.24, 2.45) is 10.9 Å². The van der Waals surface area contributed by atoms with Crippen LogP contribution in [0.15, 0.2) is 4.99 Å². The predicted molar refractivity (Wildman–Crippen MR) is 198 cm³/mol. The van der Waals surface area contributed by atoms with Gasteiger partial charge in [0, 0.05) is 19.7 Å². The molecule has 0 radical (unpaired) electrons. The van der Waals surface area contributed by atoms with Crippen molar-refractivity contribution in [2.45, 2.75) is 163 Å². The number of ether oxygens (including phenoxy) is 3. The first-order valence-corrected chi connectivity index (χ1v) is 18.3. The first-order valence-electron chi connectivity index (χ1n) is 18.3. The van der Waals surface area contributed by atoms with E-state index in [-0.39, 0.29) is 18.4 Å². The van der Waals surface area contributed by atoms with Crippen LogP contribution >= 0.6 is 0 Å². The van der Waals surface area contributed by atoms with E-state index in [2.05, 4.69) is 39.5 Å². The minimum atomic E-state index is -1.17. The molecule has 282 valence electrons. The standard InChI is InChI=1S/C22H40O3.C9H13FN4.C7H14O3/c1-5-8-9-10-11-12-13-14-15-16-17-18-21(23)25-20-22(7-3,24-4)19-6-2;1-5(2)4-12-7-6(3)13-9(10)14-8(7)11;1-2-3-4-5-6-10-7(8)9/h3H,5-6,8-20H2,1-2,4H3;4-5H,1-3H3,(H2,11,13,14);2-6H2,1H3,(H,8,9). The number of hydrogen-bond acceptors (Lipinski definition) is 9. The topological polar surface area (TPSA) is 146 Å². The summed E-state index contributed by atoms with van der Waals surface area (Å²) in [5.74, 6) is 2.85. The summed E-state index contributed by atoms with van der Waals surface area (Å²) in [6.07, 6.45) is 25.6. The Morgan fingerprint density at radius 2 is 1.45 bits per heavy atom. The molecule has 1 heterocycles. The number of esters is 1. The SMILES string of the molecule is C#CC(CCC)(COC(=O)CCCCCCCCCCCCC)OC.CCCCCCOC(=O)O.Cc1nc(F)nc(N)c1N=CC(C)C. The smallest absolute Gasteiger partial charge is 0.462 e. The largest absolute Gasteiger partial charge is 0.505 e. The summed E-state index contributed by atoms with van der Waals surface area (Å²) >= 11 is 0. The first-order chi connectivity index (χ1) is 23.4. The molecule has 49 heavy (non-hydrogen) atoms. The Hall–Kier alpha value is -3.26. The zero-order valence-corrected chi connectivity index (χ0v) is 31.7. The highest BCUT2D eigenvalue weighted by atomic mass is 19.1. The molecule has 0 spiro atoms. The Morgan fingerprint density at radius 3 is 1.90 bits per heavy atom. The number of aliphatic imine (C=N–C) groups is 1. The maximum absolute atomic E-state index is 12.7. The maximum atomic E-state index is 12.7. The lowest BCUT2D eigenvalue weighted by Gasteiger charge is -2.25. The molecule has 1 unspecified atom stereocenters. The highest BCUT2D eigenvalue weighted by molar-refractivity contribution is 5.71. The summed E-state index contributed by atoms with van der Waals surface area (Å²) in [6, 6.07) is 0. The molecule has 1 aromatic rings. The molecule has 0 saturated heterocycles. The summed E-state index contributed by atoms with van der Waals surface area (Å²) in [7, 11) is 1.58. The molecular weight excluding hydrogens is 627 g/mol. The fourth-order valence-electron chi connectivity index (χ4n) is 4.64. The zero-order valence-electron chi connectivity index (χ0n) is 31.7. The molecule has 0 fully saturated rings. The van der Waals surface area contributed by atoms with Crippen LogP contribution in [-0.2, 0) is 19.0 Å². The van der Waals surface area contributed by atoms with Crippen LogP contribution in [0.2, 0.25) is 0 Å². The summed E-state index contributed by atoms with van der Waals surface area (Å²) in [6.45, 7) is 12.5. The van der Waals surface area contributed by atoms with Crippen molar-refractivity contribution >= 4 is 29.8 Å². The molecule has 10 nitrogen and oxygen atoms in total. The van der Waals surface area contributed by atoms with Gasteiger partial charge in [-0.2, -0.15) is 9.37 Å². The molecule has 0 saturated carbocycles. The lowest BCUT2D eigenvalue weighted by Crippen LogP contribution is -2.36. The minimum Gasteiger partial charge on any atom is -0.462 e. The lowest BCUT2D eigenvalue weighted by molar-refractivity contribution is -0.150. The van der Waals surface area contributed by atoms with Gasteiger partial charge in [0.15, 0.2) is 11.4 Å². The number of carbonyl (C=O) groups excluding carboxylic acids is 1. The Balaban J connectivity index is 0. The molecule has 1 atom stereocenters. The summed E-state index contributed by atoms with van der Waals surface area (Å²) in [5, 5.41) is 8.05. The number of aryl methyl sites for hydroxylation is 1. The molecule has 3 N–H and O–H groups in total. The van der Waals surface area contributed by atoms with Crippen molar-refractivity contribution in [2.75, 3.05) is 26.1 Å². The Morgan fingerprint density at radius 1 is 0.918 bits per heavy atom. The van der Waals surface area contributed by atoms with Gasteiger partial charge in [0.25, 0.3) is 0 Å². The number of hydrogen-bond donors (Lipinski definition) is 2. The van der Waals surface area contributed by atoms with E-state index in [0.717, 1.165) is 44.9 Å². The van der Waals surface area contributed by atoms with Crippen molar-refractivity contribution < 1.29 is 33.3 Å². The van der Waals surface area contributed by atoms with Gasteiger partial charge in [-0.3, -0.25) is 9.79 Å². The predicted octanol–water partition coefficient (Wildman–Crippen LogP) is 10.2. The number of unbranched alkanes of at least 4 members (excludes halogenated alkanes) is 13. The van der Waals surface area contributed by atoms with E-state index in [4.69, 9.17) is 26.7 Å². The van der Waals surface area contributed by atoms with E-state index in [0.29, 0.717) is 36.7 Å². The molecule has 0 aliphatic rings. The van der Waals surface area contributed by atoms with Gasteiger partial charge >= 0.3 is 18.2 Å². The van der Waals surface area contributed by atoms with Gasteiger partial charge in [-0.05, 0) is 32.1 Å². The third kappa shape index (κ3) is 28.3. The second kappa shape index (κ2) is 32.0. The average Bonchev–Trinajstić information content (AvgIpc) is 3.05. The van der Waals surface area contributed by atoms with Crippen LogP contribution in [0, 0.1) is 31.3 Å². The van der Waals surface area contributed by atoms with E-state index in [1.807, 2.05) is 20.8 Å². The van der Waals surface area contributed by atoms with Gasteiger partial charge in [-0.25, -0.2) is 9.78 Å². The fourth-order valence-corrected chi connectivity index (χ4v) is 4.64. The number of methoxy groups -OCH3 is 1. The molecule has 1 rings (SSSR count). The summed E-state index contributed by atoms with van der Waals surface area (Å²) in [5.41, 5.74) is 5.64. The monoisotopic (exact) mass is 695 g/mol. The number of anilines is 1. The normalized spacial score (nSPS) is 11.9. The third-order valence-electron chi connectivity index (χ3n) is 7.54. The second-order valence-corrected chi connectivity index (χ2v) is 12.5. The number of nitrogens with zero attached hydrogens (tertiary/aromatic N) is 3. The summed E-state index contributed by atoms with van der Waals surface area (Å²) in [4.78, 5) is 32.7. The van der Waals surface area contributed by atoms with Crippen molar-refractivity contribution in [3.8, 4) is 12.3 Å². The number of aromatic nitrogens is 2. The van der Waals surface area contributed by atoms with E-state index >= 15 is 0 Å². The van der Waals surface area contributed by atoms with Gasteiger partial charge < -0.3 is 25.1 Å². The number of carboxylic acid groups (broad SMARTS) is 1. The zero-order chi connectivity index (χ0) is 37.3. The lowest BCUT2D eigenvalue weighted by atomic mass is 10.00. The highest BCUT2D eigenvalue weighted by Crippen LogP contribution is 2.22. The van der Waals surface area contributed by atoms with Crippen LogP contribution in [0.5, 0.6) is 0 Å². The molecule has 0 bridgehead atoms. The number of halogens is 1. The first kappa shape index (κ1) is 47.9. The van der Waals surface area contributed by atoms with E-state index < -0.39 is 17.8 Å². The molecule has 0 amide bonds. The van der Waals surface area contributed by atoms with Gasteiger partial charge in [-0.15, -0.1) is 6.42 Å². The van der Waals surface area contributed by atoms with Crippen LogP contribution in [0.25, 0.3) is 0 Å². The van der Waals surface area contributed by atoms with Crippen molar-refractivity contribution in [1.29, 1.82) is 0 Å². The molecule has 0 aromatic carbocycles. The van der Waals surface area contributed by atoms with Crippen LogP contribution in [0.3, 0.4) is 0 Å². The molecule has 0 aliphatic carbocycles. The molecule has 11 heteroatoms. The van der Waals surface area contributed by atoms with Gasteiger partial charge in [0.1, 0.15) is 12.3 Å². The average molecular weight is 695 g/mol. The highest BCUT2D eigenvalue weighted by Gasteiger charge is 2.28. The number of nitrogens with two attached hydrogens (primary N) is 1.